The molecule has 0 spiro atoms. The van der Waals surface area contributed by atoms with Gasteiger partial charge in [0.2, 0.25) is 0 Å². The van der Waals surface area contributed by atoms with E-state index in [-0.39, 0.29) is 5.78 Å². The van der Waals surface area contributed by atoms with Gasteiger partial charge in [0.15, 0.2) is 5.78 Å². The van der Waals surface area contributed by atoms with Crippen LogP contribution >= 0.6 is 0 Å². The Balaban J connectivity index is 1.98. The van der Waals surface area contributed by atoms with Gasteiger partial charge in [0.05, 0.1) is 0 Å². The highest BCUT2D eigenvalue weighted by Crippen LogP contribution is 2.15. The van der Waals surface area contributed by atoms with E-state index < -0.39 is 0 Å². The maximum Gasteiger partial charge on any atom is 0.164 e. The molecule has 0 N–H and O–H groups in total. The summed E-state index contributed by atoms with van der Waals surface area (Å²) in [6.07, 6.45) is 0.535. The predicted octanol–water partition coefficient (Wildman–Crippen LogP) is 4.32. The van der Waals surface area contributed by atoms with Crippen LogP contribution < -0.4 is 4.90 Å². The molecule has 0 aliphatic rings. The van der Waals surface area contributed by atoms with Crippen molar-refractivity contribution in [3.05, 3.63) is 64.7 Å². The van der Waals surface area contributed by atoms with Gasteiger partial charge in [0.1, 0.15) is 0 Å². The van der Waals surface area contributed by atoms with Gasteiger partial charge in [-0.1, -0.05) is 34.9 Å². The van der Waals surface area contributed by atoms with Crippen LogP contribution in [0.1, 0.15) is 33.5 Å². The van der Waals surface area contributed by atoms with Crippen molar-refractivity contribution in [2.75, 3.05) is 18.5 Å². The van der Waals surface area contributed by atoms with Crippen LogP contribution in [0, 0.1) is 20.8 Å². The first-order chi connectivity index (χ1) is 9.95. The molecule has 0 amide bonds. The van der Waals surface area contributed by atoms with Crippen LogP contribution in [0.5, 0.6) is 0 Å². The Bertz CT molecular complexity index is 608. The van der Waals surface area contributed by atoms with Crippen LogP contribution in [0.3, 0.4) is 0 Å². The molecule has 21 heavy (non-hydrogen) atoms. The molecule has 0 heterocycles. The van der Waals surface area contributed by atoms with E-state index in [1.165, 1.54) is 5.56 Å². The van der Waals surface area contributed by atoms with E-state index in [9.17, 15) is 4.79 Å². The molecule has 0 aliphatic heterocycles. The molecule has 2 aromatic rings. The summed E-state index contributed by atoms with van der Waals surface area (Å²) >= 11 is 0. The standard InChI is InChI=1S/C19H23NO/c1-14-5-7-18(8-6-14)20(4)10-9-19(21)17-12-15(2)11-16(3)13-17/h5-8,11-13H,9-10H2,1-4H3. The molecule has 0 atom stereocenters. The van der Waals surface area contributed by atoms with Gasteiger partial charge in [-0.15, -0.1) is 0 Å². The Morgan fingerprint density at radius 3 is 2.05 bits per heavy atom. The van der Waals surface area contributed by atoms with Crippen molar-refractivity contribution in [1.82, 2.24) is 0 Å². The minimum Gasteiger partial charge on any atom is -0.374 e. The number of anilines is 1. The molecule has 0 radical (unpaired) electrons. The summed E-state index contributed by atoms with van der Waals surface area (Å²) in [5.74, 6) is 0.209. The van der Waals surface area contributed by atoms with Gasteiger partial charge in [-0.05, 0) is 45.0 Å². The third kappa shape index (κ3) is 4.19. The Morgan fingerprint density at radius 1 is 0.905 bits per heavy atom. The molecule has 0 saturated carbocycles. The molecular weight excluding hydrogens is 258 g/mol. The first-order valence-electron chi connectivity index (χ1n) is 7.35. The normalized spacial score (nSPS) is 10.5. The lowest BCUT2D eigenvalue weighted by Crippen LogP contribution is -2.21. The Morgan fingerprint density at radius 2 is 1.48 bits per heavy atom. The van der Waals surface area contributed by atoms with Gasteiger partial charge < -0.3 is 4.90 Å². The maximum absolute atomic E-state index is 12.3. The number of ketones is 1. The highest BCUT2D eigenvalue weighted by molar-refractivity contribution is 5.96. The number of hydrogen-bond donors (Lipinski definition) is 0. The number of carbonyl (C=O) groups excluding carboxylic acids is 1. The second-order valence-electron chi connectivity index (χ2n) is 5.81. The van der Waals surface area contributed by atoms with Crippen molar-refractivity contribution in [1.29, 1.82) is 0 Å². The summed E-state index contributed by atoms with van der Waals surface area (Å²) in [7, 11) is 2.03. The highest BCUT2D eigenvalue weighted by Gasteiger charge is 2.09. The lowest BCUT2D eigenvalue weighted by atomic mass is 10.0. The first-order valence-corrected chi connectivity index (χ1v) is 7.35. The van der Waals surface area contributed by atoms with Crippen LogP contribution in [0.4, 0.5) is 5.69 Å². The first kappa shape index (κ1) is 15.3. The topological polar surface area (TPSA) is 20.3 Å². The van der Waals surface area contributed by atoms with Gasteiger partial charge >= 0.3 is 0 Å². The molecule has 2 nitrogen and oxygen atoms in total. The summed E-state index contributed by atoms with van der Waals surface area (Å²) in [6, 6.07) is 14.4. The summed E-state index contributed by atoms with van der Waals surface area (Å²) in [6.45, 7) is 6.87. The van der Waals surface area contributed by atoms with Crippen molar-refractivity contribution in [2.45, 2.75) is 27.2 Å². The van der Waals surface area contributed by atoms with Crippen LogP contribution in [0.25, 0.3) is 0 Å². The van der Waals surface area contributed by atoms with Crippen molar-refractivity contribution in [2.24, 2.45) is 0 Å². The largest absolute Gasteiger partial charge is 0.374 e. The SMILES string of the molecule is Cc1ccc(N(C)CCC(=O)c2cc(C)cc(C)c2)cc1. The quantitative estimate of drug-likeness (QED) is 0.761. The van der Waals surface area contributed by atoms with Gasteiger partial charge in [-0.2, -0.15) is 0 Å². The molecule has 110 valence electrons. The molecule has 2 heteroatoms. The van der Waals surface area contributed by atoms with Crippen molar-refractivity contribution < 1.29 is 4.79 Å². The molecule has 2 aromatic carbocycles. The second kappa shape index (κ2) is 6.57. The smallest absolute Gasteiger partial charge is 0.164 e. The number of benzene rings is 2. The third-order valence-corrected chi connectivity index (χ3v) is 3.69. The van der Waals surface area contributed by atoms with Crippen LogP contribution in [-0.4, -0.2) is 19.4 Å². The fourth-order valence-electron chi connectivity index (χ4n) is 2.48. The molecule has 2 rings (SSSR count). The van der Waals surface area contributed by atoms with Crippen molar-refractivity contribution in [3.63, 3.8) is 0 Å². The minimum atomic E-state index is 0.209. The Labute approximate surface area is 127 Å². The van der Waals surface area contributed by atoms with Crippen LogP contribution in [0.2, 0.25) is 0 Å². The molecule has 0 unspecified atom stereocenters. The Hall–Kier alpha value is -2.09. The molecule has 0 aromatic heterocycles. The van der Waals surface area contributed by atoms with Crippen molar-refractivity contribution in [3.8, 4) is 0 Å². The Kier molecular flexibility index (Phi) is 4.79. The summed E-state index contributed by atoms with van der Waals surface area (Å²) < 4.78 is 0. The van der Waals surface area contributed by atoms with E-state index in [1.807, 2.05) is 33.0 Å². The zero-order valence-electron chi connectivity index (χ0n) is 13.3. The second-order valence-corrected chi connectivity index (χ2v) is 5.81. The summed E-state index contributed by atoms with van der Waals surface area (Å²) in [5.41, 5.74) is 5.51. The predicted molar refractivity (Wildman–Crippen MR) is 89.3 cm³/mol. The zero-order chi connectivity index (χ0) is 15.4. The van der Waals surface area contributed by atoms with Gasteiger partial charge in [-0.25, -0.2) is 0 Å². The highest BCUT2D eigenvalue weighted by atomic mass is 16.1. The average Bonchev–Trinajstić information content (AvgIpc) is 2.44. The molecule has 0 aliphatic carbocycles. The minimum absolute atomic E-state index is 0.209. The lowest BCUT2D eigenvalue weighted by molar-refractivity contribution is 0.0984. The summed E-state index contributed by atoms with van der Waals surface area (Å²) in [4.78, 5) is 14.4. The number of carbonyl (C=O) groups is 1. The van der Waals surface area contributed by atoms with Crippen LogP contribution in [0.15, 0.2) is 42.5 Å². The van der Waals surface area contributed by atoms with E-state index >= 15 is 0 Å². The fourth-order valence-corrected chi connectivity index (χ4v) is 2.48. The van der Waals surface area contributed by atoms with E-state index in [4.69, 9.17) is 0 Å². The molecule has 0 saturated heterocycles. The fraction of sp³-hybridized carbons (Fsp3) is 0.316. The van der Waals surface area contributed by atoms with Gasteiger partial charge in [0, 0.05) is 31.3 Å². The number of nitrogens with zero attached hydrogens (tertiary/aromatic N) is 1. The zero-order valence-corrected chi connectivity index (χ0v) is 13.3. The number of hydrogen-bond acceptors (Lipinski definition) is 2. The van der Waals surface area contributed by atoms with E-state index in [2.05, 4.69) is 42.2 Å². The van der Waals surface area contributed by atoms with E-state index in [1.54, 1.807) is 0 Å². The lowest BCUT2D eigenvalue weighted by Gasteiger charge is -2.19. The van der Waals surface area contributed by atoms with E-state index in [0.717, 1.165) is 28.9 Å². The van der Waals surface area contributed by atoms with Gasteiger partial charge in [-0.3, -0.25) is 4.79 Å². The van der Waals surface area contributed by atoms with Crippen molar-refractivity contribution >= 4 is 11.5 Å². The summed E-state index contributed by atoms with van der Waals surface area (Å²) in [5, 5.41) is 0. The van der Waals surface area contributed by atoms with Gasteiger partial charge in [0.25, 0.3) is 0 Å². The average molecular weight is 281 g/mol. The molecular formula is C19H23NO. The third-order valence-electron chi connectivity index (χ3n) is 3.69. The number of rotatable bonds is 5. The number of aryl methyl sites for hydroxylation is 3. The monoisotopic (exact) mass is 281 g/mol. The maximum atomic E-state index is 12.3. The molecule has 0 fully saturated rings. The number of Topliss-reactive ketones (excluding diaryl/α,β-unsaturated/α-hetero) is 1. The van der Waals surface area contributed by atoms with E-state index in [0.29, 0.717) is 6.42 Å². The molecule has 0 bridgehead atoms. The van der Waals surface area contributed by atoms with Crippen LogP contribution in [-0.2, 0) is 0 Å².